The van der Waals surface area contributed by atoms with E-state index >= 15 is 0 Å². The lowest BCUT2D eigenvalue weighted by Crippen LogP contribution is -2.14. The lowest BCUT2D eigenvalue weighted by Gasteiger charge is -2.21. The summed E-state index contributed by atoms with van der Waals surface area (Å²) in [6, 6.07) is 15.4. The minimum Gasteiger partial charge on any atom is -0.504 e. The molecule has 1 aliphatic rings. The van der Waals surface area contributed by atoms with Crippen molar-refractivity contribution in [2.24, 2.45) is 0 Å². The zero-order valence-electron chi connectivity index (χ0n) is 17.3. The molecule has 4 N–H and O–H groups in total. The molecule has 0 saturated carbocycles. The van der Waals surface area contributed by atoms with Gasteiger partial charge in [-0.25, -0.2) is 9.97 Å². The van der Waals surface area contributed by atoms with Gasteiger partial charge < -0.3 is 20.4 Å². The summed E-state index contributed by atoms with van der Waals surface area (Å²) >= 11 is 0. The van der Waals surface area contributed by atoms with Crippen LogP contribution in [0.15, 0.2) is 54.7 Å². The van der Waals surface area contributed by atoms with Crippen molar-refractivity contribution < 1.29 is 20.4 Å². The SMILES string of the molecule is CC1(C)c2ccccc2-c2c1c1c(O)c(O)c(O)c(O)c1n2-c1ncc2ccccc2n1. The number of hydrogen-bond donors (Lipinski definition) is 4. The maximum Gasteiger partial charge on any atom is 0.235 e. The molecule has 6 rings (SSSR count). The fraction of sp³-hybridized carbons (Fsp3) is 0.120. The summed E-state index contributed by atoms with van der Waals surface area (Å²) in [5.74, 6) is -2.32. The second-order valence-electron chi connectivity index (χ2n) is 8.58. The molecule has 0 unspecified atom stereocenters. The number of aromatic nitrogens is 3. The van der Waals surface area contributed by atoms with Crippen molar-refractivity contribution in [3.8, 4) is 40.2 Å². The van der Waals surface area contributed by atoms with Crippen LogP contribution < -0.4 is 0 Å². The largest absolute Gasteiger partial charge is 0.504 e. The molecule has 0 amide bonds. The highest BCUT2D eigenvalue weighted by Gasteiger charge is 2.43. The topological polar surface area (TPSA) is 112 Å². The lowest BCUT2D eigenvalue weighted by molar-refractivity contribution is 0.350. The van der Waals surface area contributed by atoms with Gasteiger partial charge in [-0.2, -0.15) is 0 Å². The van der Waals surface area contributed by atoms with Crippen molar-refractivity contribution in [2.75, 3.05) is 0 Å². The third-order valence-electron chi connectivity index (χ3n) is 6.46. The van der Waals surface area contributed by atoms with Gasteiger partial charge in [0.1, 0.15) is 5.52 Å². The van der Waals surface area contributed by atoms with Crippen LogP contribution in [0.2, 0.25) is 0 Å². The molecule has 0 saturated heterocycles. The highest BCUT2D eigenvalue weighted by molar-refractivity contribution is 6.07. The second kappa shape index (κ2) is 5.91. The molecule has 7 nitrogen and oxygen atoms in total. The molecule has 5 aromatic rings. The minimum atomic E-state index is -0.792. The van der Waals surface area contributed by atoms with Crippen molar-refractivity contribution in [3.05, 3.63) is 65.9 Å². The average molecular weight is 425 g/mol. The van der Waals surface area contributed by atoms with Crippen LogP contribution in [0.25, 0.3) is 39.0 Å². The third kappa shape index (κ3) is 2.09. The highest BCUT2D eigenvalue weighted by Crippen LogP contribution is 2.59. The second-order valence-corrected chi connectivity index (χ2v) is 8.58. The lowest BCUT2D eigenvalue weighted by atomic mass is 9.81. The van der Waals surface area contributed by atoms with Crippen LogP contribution in [-0.2, 0) is 5.41 Å². The monoisotopic (exact) mass is 425 g/mol. The van der Waals surface area contributed by atoms with Crippen molar-refractivity contribution in [2.45, 2.75) is 19.3 Å². The number of hydrogen-bond acceptors (Lipinski definition) is 6. The highest BCUT2D eigenvalue weighted by atomic mass is 16.3. The van der Waals surface area contributed by atoms with Gasteiger partial charge in [-0.05, 0) is 11.6 Å². The Morgan fingerprint density at radius 1 is 0.812 bits per heavy atom. The summed E-state index contributed by atoms with van der Waals surface area (Å²) in [5.41, 5.74) is 3.65. The van der Waals surface area contributed by atoms with Gasteiger partial charge in [0.25, 0.3) is 0 Å². The molecule has 32 heavy (non-hydrogen) atoms. The Labute approximate surface area is 182 Å². The molecule has 2 aromatic heterocycles. The molecule has 1 aliphatic carbocycles. The van der Waals surface area contributed by atoms with Crippen LogP contribution in [-0.4, -0.2) is 35.0 Å². The molecule has 7 heteroatoms. The smallest absolute Gasteiger partial charge is 0.235 e. The van der Waals surface area contributed by atoms with E-state index in [1.165, 1.54) is 0 Å². The van der Waals surface area contributed by atoms with E-state index in [9.17, 15) is 20.4 Å². The predicted octanol–water partition coefficient (Wildman–Crippen LogP) is 4.70. The quantitative estimate of drug-likeness (QED) is 0.229. The number of phenolic OH excluding ortho intramolecular Hbond substituents is 4. The summed E-state index contributed by atoms with van der Waals surface area (Å²) in [7, 11) is 0. The van der Waals surface area contributed by atoms with E-state index in [4.69, 9.17) is 4.98 Å². The van der Waals surface area contributed by atoms with Gasteiger partial charge in [-0.1, -0.05) is 56.3 Å². The zero-order chi connectivity index (χ0) is 22.4. The van der Waals surface area contributed by atoms with Crippen molar-refractivity contribution in [3.63, 3.8) is 0 Å². The molecular weight excluding hydrogens is 406 g/mol. The molecule has 0 radical (unpaired) electrons. The first-order chi connectivity index (χ1) is 15.3. The fourth-order valence-electron chi connectivity index (χ4n) is 4.98. The van der Waals surface area contributed by atoms with E-state index in [0.717, 1.165) is 16.5 Å². The minimum absolute atomic E-state index is 0.139. The molecule has 0 aliphatic heterocycles. The number of fused-ring (bicyclic) bond motifs is 6. The molecule has 2 heterocycles. The van der Waals surface area contributed by atoms with E-state index in [0.29, 0.717) is 16.8 Å². The van der Waals surface area contributed by atoms with Gasteiger partial charge in [-0.3, -0.25) is 4.57 Å². The molecular formula is C25H19N3O4. The number of nitrogens with zero attached hydrogens (tertiary/aromatic N) is 3. The van der Waals surface area contributed by atoms with E-state index in [2.05, 4.69) is 4.98 Å². The fourth-order valence-corrected chi connectivity index (χ4v) is 4.98. The van der Waals surface area contributed by atoms with Gasteiger partial charge in [-0.15, -0.1) is 0 Å². The number of benzene rings is 3. The molecule has 158 valence electrons. The van der Waals surface area contributed by atoms with Crippen LogP contribution in [0.3, 0.4) is 0 Å². The molecule has 0 atom stereocenters. The number of phenols is 4. The van der Waals surface area contributed by atoms with Crippen LogP contribution in [0.1, 0.15) is 25.0 Å². The average Bonchev–Trinajstić information content (AvgIpc) is 3.28. The van der Waals surface area contributed by atoms with E-state index in [1.807, 2.05) is 62.4 Å². The van der Waals surface area contributed by atoms with Crippen LogP contribution in [0.4, 0.5) is 0 Å². The Bertz CT molecular complexity index is 1600. The number of aromatic hydroxyl groups is 4. The Balaban J connectivity index is 1.87. The Kier molecular flexibility index (Phi) is 3.42. The first-order valence-corrected chi connectivity index (χ1v) is 10.2. The van der Waals surface area contributed by atoms with Gasteiger partial charge in [0.05, 0.1) is 16.6 Å². The van der Waals surface area contributed by atoms with Crippen LogP contribution >= 0.6 is 0 Å². The molecule has 0 bridgehead atoms. The van der Waals surface area contributed by atoms with Gasteiger partial charge >= 0.3 is 0 Å². The van der Waals surface area contributed by atoms with Crippen LogP contribution in [0, 0.1) is 0 Å². The Hall–Kier alpha value is -4.26. The summed E-state index contributed by atoms with van der Waals surface area (Å²) in [6.45, 7) is 4.03. The van der Waals surface area contributed by atoms with Crippen molar-refractivity contribution in [1.82, 2.24) is 14.5 Å². The Morgan fingerprint density at radius 2 is 1.50 bits per heavy atom. The Morgan fingerprint density at radius 3 is 2.31 bits per heavy atom. The molecule has 0 spiro atoms. The first kappa shape index (κ1) is 18.5. The number of para-hydroxylation sites is 1. The van der Waals surface area contributed by atoms with E-state index < -0.39 is 28.4 Å². The standard InChI is InChI=1S/C25H19N3O4/c1-25(2)14-9-5-4-8-13(14)18-17(25)16-19(21(30)23(32)22(31)20(16)29)28(18)24-26-11-12-7-3-6-10-15(12)27-24/h3-11,29-32H,1-2H3. The van der Waals surface area contributed by atoms with Gasteiger partial charge in [0.15, 0.2) is 11.5 Å². The normalized spacial score (nSPS) is 14.1. The summed E-state index contributed by atoms with van der Waals surface area (Å²) in [6.07, 6.45) is 1.69. The van der Waals surface area contributed by atoms with Gasteiger partial charge in [0, 0.05) is 28.1 Å². The third-order valence-corrected chi connectivity index (χ3v) is 6.46. The first-order valence-electron chi connectivity index (χ1n) is 10.2. The summed E-state index contributed by atoms with van der Waals surface area (Å²) < 4.78 is 1.65. The van der Waals surface area contributed by atoms with Crippen molar-refractivity contribution in [1.29, 1.82) is 0 Å². The van der Waals surface area contributed by atoms with E-state index in [-0.39, 0.29) is 16.9 Å². The van der Waals surface area contributed by atoms with Crippen molar-refractivity contribution >= 4 is 21.8 Å². The molecule has 3 aromatic carbocycles. The predicted molar refractivity (Wildman–Crippen MR) is 121 cm³/mol. The van der Waals surface area contributed by atoms with E-state index in [1.54, 1.807) is 10.8 Å². The number of rotatable bonds is 1. The maximum atomic E-state index is 10.9. The van der Waals surface area contributed by atoms with Crippen LogP contribution in [0.5, 0.6) is 23.0 Å². The maximum absolute atomic E-state index is 10.9. The summed E-state index contributed by atoms with van der Waals surface area (Å²) in [4.78, 5) is 9.24. The van der Waals surface area contributed by atoms with Gasteiger partial charge in [0.2, 0.25) is 17.4 Å². The zero-order valence-corrected chi connectivity index (χ0v) is 17.3. The summed E-state index contributed by atoms with van der Waals surface area (Å²) in [5, 5.41) is 43.6. The molecule has 0 fully saturated rings.